The van der Waals surface area contributed by atoms with Gasteiger partial charge in [0.2, 0.25) is 15.9 Å². The van der Waals surface area contributed by atoms with Crippen molar-refractivity contribution in [2.75, 3.05) is 13.1 Å². The fourth-order valence-corrected chi connectivity index (χ4v) is 4.05. The molecule has 2 aromatic carbocycles. The minimum absolute atomic E-state index is 0.0552. The summed E-state index contributed by atoms with van der Waals surface area (Å²) in [5, 5.41) is 7.01. The quantitative estimate of drug-likeness (QED) is 0.550. The first-order valence-corrected chi connectivity index (χ1v) is 11.3. The fraction of sp³-hybridized carbons (Fsp3) is 0.273. The topological polar surface area (TPSA) is 93.1 Å². The van der Waals surface area contributed by atoms with Gasteiger partial charge in [0.25, 0.3) is 0 Å². The molecular weight excluding hydrogens is 400 g/mol. The first kappa shape index (κ1) is 21.7. The van der Waals surface area contributed by atoms with Crippen LogP contribution in [0.25, 0.3) is 5.69 Å². The van der Waals surface area contributed by atoms with Gasteiger partial charge in [-0.2, -0.15) is 5.10 Å². The molecule has 30 heavy (non-hydrogen) atoms. The van der Waals surface area contributed by atoms with E-state index in [1.807, 2.05) is 50.4 Å². The lowest BCUT2D eigenvalue weighted by molar-refractivity contribution is -0.120. The molecule has 0 unspecified atom stereocenters. The van der Waals surface area contributed by atoms with E-state index in [1.54, 1.807) is 29.1 Å². The number of sulfonamides is 1. The number of amides is 1. The van der Waals surface area contributed by atoms with Crippen molar-refractivity contribution < 1.29 is 13.2 Å². The van der Waals surface area contributed by atoms with Gasteiger partial charge in [0, 0.05) is 31.9 Å². The molecule has 0 saturated heterocycles. The van der Waals surface area contributed by atoms with Crippen molar-refractivity contribution in [2.24, 2.45) is 0 Å². The van der Waals surface area contributed by atoms with Gasteiger partial charge in [-0.25, -0.2) is 17.8 Å². The second-order valence-corrected chi connectivity index (χ2v) is 8.88. The molecule has 1 aromatic heterocycles. The van der Waals surface area contributed by atoms with Gasteiger partial charge in [0.15, 0.2) is 0 Å². The highest BCUT2D eigenvalue weighted by Crippen LogP contribution is 2.14. The number of hydrogen-bond donors (Lipinski definition) is 2. The molecule has 3 aromatic rings. The Morgan fingerprint density at radius 3 is 2.47 bits per heavy atom. The Hall–Kier alpha value is -2.97. The summed E-state index contributed by atoms with van der Waals surface area (Å²) in [5.41, 5.74) is 4.02. The molecule has 0 fully saturated rings. The number of carbonyl (C=O) groups excluding carboxylic acids is 1. The third-order valence-corrected chi connectivity index (χ3v) is 6.33. The molecule has 1 heterocycles. The monoisotopic (exact) mass is 426 g/mol. The summed E-state index contributed by atoms with van der Waals surface area (Å²) >= 11 is 0. The molecule has 2 N–H and O–H groups in total. The van der Waals surface area contributed by atoms with Gasteiger partial charge in [-0.3, -0.25) is 4.79 Å². The van der Waals surface area contributed by atoms with Crippen molar-refractivity contribution >= 4 is 15.9 Å². The maximum atomic E-state index is 12.3. The summed E-state index contributed by atoms with van der Waals surface area (Å²) in [5.74, 6) is -0.189. The molecule has 7 nitrogen and oxygen atoms in total. The number of hydrogen-bond acceptors (Lipinski definition) is 4. The van der Waals surface area contributed by atoms with E-state index in [2.05, 4.69) is 15.1 Å². The van der Waals surface area contributed by atoms with Crippen LogP contribution in [0, 0.1) is 13.8 Å². The van der Waals surface area contributed by atoms with Crippen LogP contribution in [-0.2, 0) is 21.2 Å². The summed E-state index contributed by atoms with van der Waals surface area (Å²) < 4.78 is 28.9. The van der Waals surface area contributed by atoms with Crippen LogP contribution >= 0.6 is 0 Å². The number of rotatable bonds is 9. The predicted molar refractivity (Wildman–Crippen MR) is 116 cm³/mol. The standard InChI is InChI=1S/C22H26N4O3S/c1-17-4-9-21(16-18(17)2)30(28,29)25-14-11-22(27)23-13-10-19-5-7-20(8-6-19)26-15-3-12-24-26/h3-9,12,15-16,25H,10-11,13-14H2,1-2H3,(H,23,27). The van der Waals surface area contributed by atoms with Crippen molar-refractivity contribution in [1.82, 2.24) is 19.8 Å². The Bertz CT molecular complexity index is 1090. The molecule has 0 spiro atoms. The zero-order chi connectivity index (χ0) is 21.6. The van der Waals surface area contributed by atoms with Gasteiger partial charge in [-0.15, -0.1) is 0 Å². The lowest BCUT2D eigenvalue weighted by Gasteiger charge is -2.09. The van der Waals surface area contributed by atoms with Crippen LogP contribution in [0.1, 0.15) is 23.1 Å². The van der Waals surface area contributed by atoms with Crippen molar-refractivity contribution in [3.63, 3.8) is 0 Å². The second kappa shape index (κ2) is 9.69. The highest BCUT2D eigenvalue weighted by Gasteiger charge is 2.14. The summed E-state index contributed by atoms with van der Waals surface area (Å²) in [6.07, 6.45) is 4.39. The van der Waals surface area contributed by atoms with Crippen LogP contribution in [0.4, 0.5) is 0 Å². The third kappa shape index (κ3) is 5.77. The van der Waals surface area contributed by atoms with E-state index in [0.29, 0.717) is 13.0 Å². The minimum atomic E-state index is -3.62. The molecule has 0 radical (unpaired) electrons. The molecule has 0 aliphatic carbocycles. The Morgan fingerprint density at radius 1 is 1.03 bits per heavy atom. The summed E-state index contributed by atoms with van der Waals surface area (Å²) in [4.78, 5) is 12.2. The smallest absolute Gasteiger partial charge is 0.240 e. The zero-order valence-electron chi connectivity index (χ0n) is 17.1. The normalized spacial score (nSPS) is 11.4. The Kier molecular flexibility index (Phi) is 7.02. The van der Waals surface area contributed by atoms with Crippen molar-refractivity contribution in [3.8, 4) is 5.69 Å². The van der Waals surface area contributed by atoms with E-state index in [0.717, 1.165) is 22.4 Å². The van der Waals surface area contributed by atoms with Gasteiger partial charge < -0.3 is 5.32 Å². The van der Waals surface area contributed by atoms with Crippen molar-refractivity contribution in [1.29, 1.82) is 0 Å². The van der Waals surface area contributed by atoms with E-state index in [-0.39, 0.29) is 23.8 Å². The molecule has 3 rings (SSSR count). The van der Waals surface area contributed by atoms with E-state index in [9.17, 15) is 13.2 Å². The number of benzene rings is 2. The fourth-order valence-electron chi connectivity index (χ4n) is 2.93. The largest absolute Gasteiger partial charge is 0.356 e. The van der Waals surface area contributed by atoms with Gasteiger partial charge in [0.05, 0.1) is 10.6 Å². The molecule has 0 atom stereocenters. The van der Waals surface area contributed by atoms with Crippen LogP contribution in [-0.4, -0.2) is 37.2 Å². The third-order valence-electron chi connectivity index (χ3n) is 4.87. The number of nitrogens with one attached hydrogen (secondary N) is 2. The molecule has 0 aliphatic rings. The van der Waals surface area contributed by atoms with Crippen LogP contribution < -0.4 is 10.0 Å². The molecule has 0 aliphatic heterocycles. The zero-order valence-corrected chi connectivity index (χ0v) is 17.9. The van der Waals surface area contributed by atoms with E-state index in [1.165, 1.54) is 0 Å². The molecule has 0 bridgehead atoms. The van der Waals surface area contributed by atoms with Crippen molar-refractivity contribution in [2.45, 2.75) is 31.6 Å². The number of nitrogens with zero attached hydrogens (tertiary/aromatic N) is 2. The number of carbonyl (C=O) groups is 1. The van der Waals surface area contributed by atoms with Crippen LogP contribution in [0.15, 0.2) is 65.8 Å². The highest BCUT2D eigenvalue weighted by atomic mass is 32.2. The van der Waals surface area contributed by atoms with E-state index >= 15 is 0 Å². The lowest BCUT2D eigenvalue weighted by atomic mass is 10.1. The Labute approximate surface area is 177 Å². The molecule has 1 amide bonds. The highest BCUT2D eigenvalue weighted by molar-refractivity contribution is 7.89. The van der Waals surface area contributed by atoms with E-state index in [4.69, 9.17) is 0 Å². The van der Waals surface area contributed by atoms with Crippen LogP contribution in [0.5, 0.6) is 0 Å². The number of aromatic nitrogens is 2. The SMILES string of the molecule is Cc1ccc(S(=O)(=O)NCCC(=O)NCCc2ccc(-n3cccn3)cc2)cc1C. The van der Waals surface area contributed by atoms with Crippen LogP contribution in [0.3, 0.4) is 0 Å². The average Bonchev–Trinajstić information content (AvgIpc) is 3.25. The van der Waals surface area contributed by atoms with Gasteiger partial charge in [-0.1, -0.05) is 18.2 Å². The molecular formula is C22H26N4O3S. The second-order valence-electron chi connectivity index (χ2n) is 7.11. The van der Waals surface area contributed by atoms with Crippen molar-refractivity contribution in [3.05, 3.63) is 77.6 Å². The molecule has 8 heteroatoms. The maximum absolute atomic E-state index is 12.3. The summed E-state index contributed by atoms with van der Waals surface area (Å²) in [7, 11) is -3.62. The van der Waals surface area contributed by atoms with Gasteiger partial charge >= 0.3 is 0 Å². The van der Waals surface area contributed by atoms with Gasteiger partial charge in [-0.05, 0) is 67.3 Å². The van der Waals surface area contributed by atoms with Crippen LogP contribution in [0.2, 0.25) is 0 Å². The first-order valence-electron chi connectivity index (χ1n) is 9.78. The number of aryl methyl sites for hydroxylation is 2. The summed E-state index contributed by atoms with van der Waals surface area (Å²) in [6, 6.07) is 14.8. The molecule has 158 valence electrons. The maximum Gasteiger partial charge on any atom is 0.240 e. The lowest BCUT2D eigenvalue weighted by Crippen LogP contribution is -2.31. The summed E-state index contributed by atoms with van der Waals surface area (Å²) in [6.45, 7) is 4.34. The van der Waals surface area contributed by atoms with Gasteiger partial charge in [0.1, 0.15) is 0 Å². The Morgan fingerprint density at radius 2 is 1.80 bits per heavy atom. The van der Waals surface area contributed by atoms with E-state index < -0.39 is 10.0 Å². The predicted octanol–water partition coefficient (Wildman–Crippen LogP) is 2.52. The Balaban J connectivity index is 1.40. The minimum Gasteiger partial charge on any atom is -0.356 e. The molecule has 0 saturated carbocycles. The first-order chi connectivity index (χ1) is 14.3. The average molecular weight is 427 g/mol.